The van der Waals surface area contributed by atoms with Crippen molar-refractivity contribution in [2.45, 2.75) is 6.61 Å². The molecule has 0 spiro atoms. The van der Waals surface area contributed by atoms with Gasteiger partial charge in [-0.3, -0.25) is 4.98 Å². The molecule has 1 aromatic carbocycles. The fraction of sp³-hybridized carbons (Fsp3) is 0.0833. The quantitative estimate of drug-likeness (QED) is 0.892. The zero-order chi connectivity index (χ0) is 12.3. The first-order chi connectivity index (χ1) is 8.19. The largest absolute Gasteiger partial charge is 0.454 e. The first kappa shape index (κ1) is 11.5. The molecule has 1 heterocycles. The van der Waals surface area contributed by atoms with Crippen LogP contribution in [-0.2, 0) is 6.61 Å². The van der Waals surface area contributed by atoms with E-state index in [1.54, 1.807) is 0 Å². The minimum absolute atomic E-state index is 0.208. The van der Waals surface area contributed by atoms with Crippen LogP contribution in [0.1, 0.15) is 5.69 Å². The third-order valence-corrected chi connectivity index (χ3v) is 2.07. The van der Waals surface area contributed by atoms with Crippen LogP contribution in [0.5, 0.6) is 11.5 Å². The highest BCUT2D eigenvalue weighted by Gasteiger charge is 2.06. The van der Waals surface area contributed by atoms with E-state index in [0.717, 1.165) is 18.2 Å². The number of rotatable bonds is 3. The zero-order valence-electron chi connectivity index (χ0n) is 8.73. The number of pyridine rings is 1. The average molecular weight is 237 g/mol. The summed E-state index contributed by atoms with van der Waals surface area (Å²) in [6, 6.07) is 5.88. The maximum atomic E-state index is 13.3. The molecule has 88 valence electrons. The summed E-state index contributed by atoms with van der Waals surface area (Å²) >= 11 is 0. The Morgan fingerprint density at radius 1 is 1.18 bits per heavy atom. The molecule has 0 radical (unpaired) electrons. The number of nitrogens with zero attached hydrogens (tertiary/aromatic N) is 1. The molecule has 5 heteroatoms. The molecule has 0 atom stereocenters. The molecule has 2 rings (SSSR count). The number of benzene rings is 1. The topological polar surface area (TPSA) is 42.4 Å². The molecule has 17 heavy (non-hydrogen) atoms. The van der Waals surface area contributed by atoms with E-state index in [4.69, 9.17) is 9.84 Å². The summed E-state index contributed by atoms with van der Waals surface area (Å²) in [7, 11) is 0. The number of aliphatic hydroxyl groups excluding tert-OH is 1. The van der Waals surface area contributed by atoms with E-state index in [0.29, 0.717) is 5.69 Å². The Morgan fingerprint density at radius 3 is 2.76 bits per heavy atom. The highest BCUT2D eigenvalue weighted by molar-refractivity contribution is 5.32. The van der Waals surface area contributed by atoms with Gasteiger partial charge < -0.3 is 9.84 Å². The smallest absolute Gasteiger partial charge is 0.165 e. The lowest BCUT2D eigenvalue weighted by Gasteiger charge is -2.07. The molecule has 0 saturated carbocycles. The van der Waals surface area contributed by atoms with Gasteiger partial charge in [0.2, 0.25) is 0 Å². The summed E-state index contributed by atoms with van der Waals surface area (Å²) in [5.41, 5.74) is 0.388. The summed E-state index contributed by atoms with van der Waals surface area (Å²) < 4.78 is 31.3. The van der Waals surface area contributed by atoms with Crippen molar-refractivity contribution in [2.75, 3.05) is 0 Å². The monoisotopic (exact) mass is 237 g/mol. The number of hydrogen-bond donors (Lipinski definition) is 1. The second-order valence-corrected chi connectivity index (χ2v) is 3.32. The van der Waals surface area contributed by atoms with E-state index in [1.807, 2.05) is 0 Å². The number of aromatic nitrogens is 1. The van der Waals surface area contributed by atoms with Crippen molar-refractivity contribution in [1.82, 2.24) is 4.98 Å². The van der Waals surface area contributed by atoms with Gasteiger partial charge in [-0.1, -0.05) is 0 Å². The van der Waals surface area contributed by atoms with Crippen LogP contribution in [0.3, 0.4) is 0 Å². The lowest BCUT2D eigenvalue weighted by atomic mass is 10.3. The Labute approximate surface area is 96.3 Å². The molecule has 0 fully saturated rings. The lowest BCUT2D eigenvalue weighted by molar-refractivity contribution is 0.276. The van der Waals surface area contributed by atoms with Gasteiger partial charge in [0, 0.05) is 18.3 Å². The molecule has 1 N–H and O–H groups in total. The predicted molar refractivity (Wildman–Crippen MR) is 56.6 cm³/mol. The van der Waals surface area contributed by atoms with Crippen LogP contribution in [0.2, 0.25) is 0 Å². The van der Waals surface area contributed by atoms with Crippen molar-refractivity contribution in [1.29, 1.82) is 0 Å². The van der Waals surface area contributed by atoms with Crippen molar-refractivity contribution >= 4 is 0 Å². The normalized spacial score (nSPS) is 10.3. The van der Waals surface area contributed by atoms with E-state index < -0.39 is 11.6 Å². The number of hydrogen-bond acceptors (Lipinski definition) is 3. The van der Waals surface area contributed by atoms with Crippen LogP contribution in [0.15, 0.2) is 36.5 Å². The highest BCUT2D eigenvalue weighted by atomic mass is 19.1. The maximum absolute atomic E-state index is 13.3. The van der Waals surface area contributed by atoms with E-state index in [1.165, 1.54) is 18.3 Å². The van der Waals surface area contributed by atoms with Gasteiger partial charge in [0.1, 0.15) is 11.6 Å². The van der Waals surface area contributed by atoms with Crippen LogP contribution in [0.25, 0.3) is 0 Å². The Bertz CT molecular complexity index is 532. The van der Waals surface area contributed by atoms with E-state index in [9.17, 15) is 8.78 Å². The Kier molecular flexibility index (Phi) is 3.30. The molecule has 1 aromatic heterocycles. The van der Waals surface area contributed by atoms with Crippen molar-refractivity contribution in [2.24, 2.45) is 0 Å². The molecule has 0 amide bonds. The molecule has 0 aliphatic rings. The van der Waals surface area contributed by atoms with E-state index in [-0.39, 0.29) is 18.1 Å². The third kappa shape index (κ3) is 2.76. The second kappa shape index (κ2) is 4.88. The van der Waals surface area contributed by atoms with Crippen LogP contribution < -0.4 is 4.74 Å². The third-order valence-electron chi connectivity index (χ3n) is 2.07. The van der Waals surface area contributed by atoms with Gasteiger partial charge in [-0.25, -0.2) is 8.78 Å². The van der Waals surface area contributed by atoms with Gasteiger partial charge in [0.25, 0.3) is 0 Å². The highest BCUT2D eigenvalue weighted by Crippen LogP contribution is 2.25. The summed E-state index contributed by atoms with van der Waals surface area (Å²) in [6.07, 6.45) is 1.41. The standard InChI is InChI=1S/C12H9F2NO2/c13-8-1-2-11(14)12(5-8)17-10-3-4-15-9(6-10)7-16/h1-6,16H,7H2. The Balaban J connectivity index is 2.27. The number of halogens is 2. The molecule has 3 nitrogen and oxygen atoms in total. The Morgan fingerprint density at radius 2 is 2.00 bits per heavy atom. The van der Waals surface area contributed by atoms with Gasteiger partial charge in [-0.15, -0.1) is 0 Å². The first-order valence-electron chi connectivity index (χ1n) is 4.88. The number of ether oxygens (including phenoxy) is 1. The van der Waals surface area contributed by atoms with Crippen LogP contribution in [-0.4, -0.2) is 10.1 Å². The van der Waals surface area contributed by atoms with Gasteiger partial charge in [-0.05, 0) is 18.2 Å². The minimum atomic E-state index is -0.659. The first-order valence-corrected chi connectivity index (χ1v) is 4.88. The molecule has 0 saturated heterocycles. The van der Waals surface area contributed by atoms with Gasteiger partial charge in [0.05, 0.1) is 12.3 Å². The fourth-order valence-corrected chi connectivity index (χ4v) is 1.29. The second-order valence-electron chi connectivity index (χ2n) is 3.32. The predicted octanol–water partition coefficient (Wildman–Crippen LogP) is 2.64. The van der Waals surface area contributed by atoms with Gasteiger partial charge >= 0.3 is 0 Å². The zero-order valence-corrected chi connectivity index (χ0v) is 8.73. The van der Waals surface area contributed by atoms with Gasteiger partial charge in [-0.2, -0.15) is 0 Å². The van der Waals surface area contributed by atoms with Crippen molar-refractivity contribution in [3.8, 4) is 11.5 Å². The number of aliphatic hydroxyl groups is 1. The molecular formula is C12H9F2NO2. The summed E-state index contributed by atoms with van der Waals surface area (Å²) in [5.74, 6) is -1.17. The van der Waals surface area contributed by atoms with E-state index >= 15 is 0 Å². The van der Waals surface area contributed by atoms with Crippen molar-refractivity contribution in [3.05, 3.63) is 53.9 Å². The summed E-state index contributed by atoms with van der Waals surface area (Å²) in [6.45, 7) is -0.247. The minimum Gasteiger partial charge on any atom is -0.454 e. The van der Waals surface area contributed by atoms with Crippen LogP contribution in [0, 0.1) is 11.6 Å². The molecule has 2 aromatic rings. The lowest BCUT2D eigenvalue weighted by Crippen LogP contribution is -1.93. The van der Waals surface area contributed by atoms with Crippen molar-refractivity contribution in [3.63, 3.8) is 0 Å². The van der Waals surface area contributed by atoms with Crippen LogP contribution >= 0.6 is 0 Å². The Hall–Kier alpha value is -2.01. The molecule has 0 aliphatic heterocycles. The average Bonchev–Trinajstić information content (AvgIpc) is 2.34. The summed E-state index contributed by atoms with van der Waals surface area (Å²) in [5, 5.41) is 8.87. The molecule has 0 aliphatic carbocycles. The molecule has 0 bridgehead atoms. The van der Waals surface area contributed by atoms with E-state index in [2.05, 4.69) is 4.98 Å². The van der Waals surface area contributed by atoms with Gasteiger partial charge in [0.15, 0.2) is 11.6 Å². The summed E-state index contributed by atoms with van der Waals surface area (Å²) in [4.78, 5) is 3.84. The molecule has 0 unspecified atom stereocenters. The van der Waals surface area contributed by atoms with Crippen LogP contribution in [0.4, 0.5) is 8.78 Å². The fourth-order valence-electron chi connectivity index (χ4n) is 1.29. The molecular weight excluding hydrogens is 228 g/mol. The van der Waals surface area contributed by atoms with Crippen molar-refractivity contribution < 1.29 is 18.6 Å². The maximum Gasteiger partial charge on any atom is 0.165 e. The SMILES string of the molecule is OCc1cc(Oc2cc(F)ccc2F)ccn1.